The predicted molar refractivity (Wildman–Crippen MR) is 55.6 cm³/mol. The number of nitrogens with one attached hydrogen (secondary N) is 2. The summed E-state index contributed by atoms with van der Waals surface area (Å²) in [6.07, 6.45) is 1.43. The van der Waals surface area contributed by atoms with Crippen LogP contribution in [0, 0.1) is 5.41 Å². The Morgan fingerprint density at radius 3 is 2.54 bits per heavy atom. The molecule has 6 nitrogen and oxygen atoms in total. The molecule has 0 aromatic carbocycles. The summed E-state index contributed by atoms with van der Waals surface area (Å²) in [5, 5.41) is 17.9. The van der Waals surface area contributed by atoms with Crippen molar-refractivity contribution >= 4 is 53.4 Å². The zero-order valence-electron chi connectivity index (χ0n) is 6.81. The number of amidine groups is 2. The number of hydrogen-bond acceptors (Lipinski definition) is 4. The van der Waals surface area contributed by atoms with Crippen LogP contribution in [0.2, 0.25) is 0 Å². The van der Waals surface area contributed by atoms with E-state index in [0.717, 1.165) is 0 Å². The molecule has 0 fully saturated rings. The summed E-state index contributed by atoms with van der Waals surface area (Å²) in [4.78, 5) is 0. The van der Waals surface area contributed by atoms with Crippen LogP contribution in [0.3, 0.4) is 0 Å². The van der Waals surface area contributed by atoms with Gasteiger partial charge in [0.05, 0.1) is 0 Å². The molecule has 0 spiro atoms. The molecule has 0 aliphatic rings. The molecule has 0 unspecified atom stereocenters. The number of hydrogen-bond donors (Lipinski definition) is 3. The molecule has 13 heavy (non-hydrogen) atoms. The Bertz CT molecular complexity index is 264. The Morgan fingerprint density at radius 2 is 2.08 bits per heavy atom. The number of hydrazone groups is 1. The van der Waals surface area contributed by atoms with Crippen LogP contribution in [0.15, 0.2) is 15.3 Å². The second kappa shape index (κ2) is 6.79. The van der Waals surface area contributed by atoms with Crippen LogP contribution in [0.5, 0.6) is 0 Å². The minimum absolute atomic E-state index is 0.135. The first-order valence-corrected chi connectivity index (χ1v) is 4.83. The van der Waals surface area contributed by atoms with Gasteiger partial charge in [-0.1, -0.05) is 0 Å². The molecule has 0 aromatic heterocycles. The molecule has 2 radical (unpaired) electrons. The van der Waals surface area contributed by atoms with E-state index in [1.54, 1.807) is 6.92 Å². The van der Waals surface area contributed by atoms with Crippen LogP contribution >= 0.6 is 0 Å². The van der Waals surface area contributed by atoms with Crippen molar-refractivity contribution in [3.8, 4) is 0 Å². The van der Waals surface area contributed by atoms with E-state index >= 15 is 0 Å². The van der Waals surface area contributed by atoms with Gasteiger partial charge in [0.15, 0.2) is 0 Å². The Kier molecular flexibility index (Phi) is 6.44. The standard InChI is InChI=1S/C5H8N6Se2/c1-3(9-11-5(7)13)2-8-10-4(6)12/h2H,1H3,(H2,6,10)(H2,7,11)/b8-2+,9-3+. The van der Waals surface area contributed by atoms with Crippen LogP contribution < -0.4 is 11.2 Å². The average molecular weight is 310 g/mol. The third-order valence-electron chi connectivity index (χ3n) is 0.724. The van der Waals surface area contributed by atoms with Gasteiger partial charge in [-0.3, -0.25) is 0 Å². The van der Waals surface area contributed by atoms with E-state index < -0.39 is 0 Å². The van der Waals surface area contributed by atoms with Crippen molar-refractivity contribution in [1.82, 2.24) is 5.43 Å². The number of nitrogens with zero attached hydrogens (tertiary/aromatic N) is 3. The van der Waals surface area contributed by atoms with Crippen LogP contribution in [0.1, 0.15) is 6.92 Å². The molecular formula is C5H8N6Se2. The molecular weight excluding hydrogens is 302 g/mol. The van der Waals surface area contributed by atoms with E-state index in [1.807, 2.05) is 0 Å². The maximum atomic E-state index is 6.94. The first-order chi connectivity index (χ1) is 6.02. The summed E-state index contributed by atoms with van der Waals surface area (Å²) in [5.41, 5.74) is 8.17. The maximum absolute atomic E-state index is 6.94. The van der Waals surface area contributed by atoms with Gasteiger partial charge in [0, 0.05) is 0 Å². The Hall–Kier alpha value is -0.681. The topological polar surface area (TPSA) is 99.0 Å². The molecule has 8 heteroatoms. The summed E-state index contributed by atoms with van der Waals surface area (Å²) < 4.78 is 0.396. The van der Waals surface area contributed by atoms with Crippen molar-refractivity contribution in [3.63, 3.8) is 0 Å². The number of rotatable bonds is 3. The van der Waals surface area contributed by atoms with Gasteiger partial charge in [0.25, 0.3) is 0 Å². The molecule has 0 aliphatic heterocycles. The summed E-state index contributed by atoms with van der Waals surface area (Å²) in [6.45, 7) is 1.71. The van der Waals surface area contributed by atoms with Gasteiger partial charge < -0.3 is 0 Å². The number of nitrogens with two attached hydrogens (primary N) is 1. The van der Waals surface area contributed by atoms with E-state index in [2.05, 4.69) is 52.8 Å². The SMILES string of the molecule is CC(/C=N/NC(=N)[Se])=N\N=C(\N)[Se]. The van der Waals surface area contributed by atoms with Gasteiger partial charge in [-0.25, -0.2) is 0 Å². The fourth-order valence-electron chi connectivity index (χ4n) is 0.338. The zero-order chi connectivity index (χ0) is 10.3. The third-order valence-corrected chi connectivity index (χ3v) is 1.09. The van der Waals surface area contributed by atoms with Crippen molar-refractivity contribution in [2.75, 3.05) is 0 Å². The summed E-state index contributed by atoms with van der Waals surface area (Å²) >= 11 is 4.92. The molecule has 0 saturated heterocycles. The van der Waals surface area contributed by atoms with Crippen LogP contribution in [0.25, 0.3) is 0 Å². The van der Waals surface area contributed by atoms with Gasteiger partial charge in [-0.2, -0.15) is 0 Å². The van der Waals surface area contributed by atoms with Crippen molar-refractivity contribution in [2.45, 2.75) is 6.92 Å². The fraction of sp³-hybridized carbons (Fsp3) is 0.200. The van der Waals surface area contributed by atoms with Gasteiger partial charge in [-0.05, 0) is 0 Å². The van der Waals surface area contributed by atoms with E-state index in [-0.39, 0.29) is 9.47 Å². The van der Waals surface area contributed by atoms with Crippen molar-refractivity contribution in [1.29, 1.82) is 5.41 Å². The quantitative estimate of drug-likeness (QED) is 0.256. The molecule has 0 saturated carbocycles. The van der Waals surface area contributed by atoms with Gasteiger partial charge >= 0.3 is 92.2 Å². The van der Waals surface area contributed by atoms with E-state index in [1.165, 1.54) is 6.21 Å². The molecule has 4 N–H and O–H groups in total. The summed E-state index contributed by atoms with van der Waals surface area (Å²) in [5.74, 6) is 0. The second-order valence-electron chi connectivity index (χ2n) is 1.88. The summed E-state index contributed by atoms with van der Waals surface area (Å²) in [6, 6.07) is 0. The Morgan fingerprint density at radius 1 is 1.46 bits per heavy atom. The van der Waals surface area contributed by atoms with Gasteiger partial charge in [0.1, 0.15) is 0 Å². The van der Waals surface area contributed by atoms with Crippen LogP contribution in [-0.2, 0) is 0 Å². The Labute approximate surface area is 92.3 Å². The molecule has 0 heterocycles. The normalized spacial score (nSPS) is 13.3. The first-order valence-electron chi connectivity index (χ1n) is 3.11. The second-order valence-corrected chi connectivity index (χ2v) is 3.61. The molecule has 0 rings (SSSR count). The summed E-state index contributed by atoms with van der Waals surface area (Å²) in [7, 11) is 0. The zero-order valence-corrected chi connectivity index (χ0v) is 10.2. The van der Waals surface area contributed by atoms with E-state index in [4.69, 9.17) is 11.1 Å². The molecule has 0 bridgehead atoms. The first kappa shape index (κ1) is 12.3. The van der Waals surface area contributed by atoms with E-state index in [0.29, 0.717) is 5.71 Å². The molecule has 0 amide bonds. The van der Waals surface area contributed by atoms with Crippen LogP contribution in [-0.4, -0.2) is 53.4 Å². The van der Waals surface area contributed by atoms with Gasteiger partial charge in [-0.15, -0.1) is 0 Å². The average Bonchev–Trinajstić information content (AvgIpc) is 2.00. The van der Waals surface area contributed by atoms with Crippen molar-refractivity contribution < 1.29 is 0 Å². The molecule has 70 valence electrons. The van der Waals surface area contributed by atoms with E-state index in [9.17, 15) is 0 Å². The minimum atomic E-state index is 0.135. The predicted octanol–water partition coefficient (Wildman–Crippen LogP) is -1.48. The molecule has 0 aromatic rings. The van der Waals surface area contributed by atoms with Crippen molar-refractivity contribution in [3.05, 3.63) is 0 Å². The monoisotopic (exact) mass is 312 g/mol. The fourth-order valence-corrected chi connectivity index (χ4v) is 0.535. The Balaban J connectivity index is 4.06. The molecule has 0 atom stereocenters. The van der Waals surface area contributed by atoms with Crippen molar-refractivity contribution in [2.24, 2.45) is 21.0 Å². The molecule has 0 aliphatic carbocycles. The third kappa shape index (κ3) is 9.23. The van der Waals surface area contributed by atoms with Crippen LogP contribution in [0.4, 0.5) is 0 Å². The van der Waals surface area contributed by atoms with Gasteiger partial charge in [0.2, 0.25) is 0 Å².